The number of sulfonamides is 1. The van der Waals surface area contributed by atoms with Gasteiger partial charge in [0.2, 0.25) is 10.0 Å². The maximum Gasteiger partial charge on any atom is 0.253 e. The van der Waals surface area contributed by atoms with Crippen LogP contribution in [0.1, 0.15) is 39.1 Å². The van der Waals surface area contributed by atoms with Crippen molar-refractivity contribution in [1.29, 1.82) is 0 Å². The molecule has 28 heavy (non-hydrogen) atoms. The number of carbonyl (C=O) groups excluding carboxylic acids is 2. The Morgan fingerprint density at radius 2 is 1.46 bits per heavy atom. The van der Waals surface area contributed by atoms with Crippen molar-refractivity contribution >= 4 is 21.7 Å². The molecule has 1 amide bonds. The summed E-state index contributed by atoms with van der Waals surface area (Å²) in [5.74, 6) is -0.0849. The SMILES string of the molecule is CNS(=O)(=O)c1ccc(C(=O)N2CCC(C(=O)c3ccc(C)cc3)CC2)cc1. The number of carbonyl (C=O) groups is 2. The first kappa shape index (κ1) is 20.2. The largest absolute Gasteiger partial charge is 0.339 e. The number of nitrogens with one attached hydrogen (secondary N) is 1. The van der Waals surface area contributed by atoms with E-state index in [1.54, 1.807) is 4.90 Å². The molecule has 0 aromatic heterocycles. The Morgan fingerprint density at radius 1 is 0.929 bits per heavy atom. The van der Waals surface area contributed by atoms with E-state index in [0.717, 1.165) is 11.1 Å². The monoisotopic (exact) mass is 400 g/mol. The molecule has 1 fully saturated rings. The number of nitrogens with zero attached hydrogens (tertiary/aromatic N) is 1. The van der Waals surface area contributed by atoms with Gasteiger partial charge in [-0.15, -0.1) is 0 Å². The van der Waals surface area contributed by atoms with Crippen molar-refractivity contribution < 1.29 is 18.0 Å². The Kier molecular flexibility index (Phi) is 5.96. The fourth-order valence-corrected chi connectivity index (χ4v) is 4.11. The number of Topliss-reactive ketones (excluding diaryl/α,β-unsaturated/α-hetero) is 1. The summed E-state index contributed by atoms with van der Waals surface area (Å²) >= 11 is 0. The van der Waals surface area contributed by atoms with Crippen LogP contribution in [0.4, 0.5) is 0 Å². The molecular formula is C21H24N2O4S. The van der Waals surface area contributed by atoms with Crippen LogP contribution in [-0.4, -0.2) is 45.1 Å². The average molecular weight is 401 g/mol. The van der Waals surface area contributed by atoms with E-state index < -0.39 is 10.0 Å². The number of benzene rings is 2. The number of piperidine rings is 1. The van der Waals surface area contributed by atoms with Gasteiger partial charge < -0.3 is 4.90 Å². The van der Waals surface area contributed by atoms with E-state index in [2.05, 4.69) is 4.72 Å². The Labute approximate surface area is 165 Å². The van der Waals surface area contributed by atoms with E-state index in [4.69, 9.17) is 0 Å². The predicted octanol–water partition coefficient (Wildman–Crippen LogP) is 2.64. The molecule has 7 heteroatoms. The summed E-state index contributed by atoms with van der Waals surface area (Å²) in [5, 5.41) is 0. The first-order chi connectivity index (χ1) is 13.3. The second-order valence-electron chi connectivity index (χ2n) is 7.03. The number of rotatable bonds is 5. The highest BCUT2D eigenvalue weighted by molar-refractivity contribution is 7.89. The van der Waals surface area contributed by atoms with Crippen LogP contribution in [0.5, 0.6) is 0 Å². The Morgan fingerprint density at radius 3 is 2.00 bits per heavy atom. The van der Waals surface area contributed by atoms with E-state index in [9.17, 15) is 18.0 Å². The van der Waals surface area contributed by atoms with Gasteiger partial charge in [-0.2, -0.15) is 0 Å². The van der Waals surface area contributed by atoms with Gasteiger partial charge in [0.15, 0.2) is 5.78 Å². The molecule has 0 atom stereocenters. The van der Waals surface area contributed by atoms with Crippen molar-refractivity contribution in [2.24, 2.45) is 5.92 Å². The number of hydrogen-bond acceptors (Lipinski definition) is 4. The maximum absolute atomic E-state index is 12.7. The number of ketones is 1. The minimum absolute atomic E-state index is 0.0742. The van der Waals surface area contributed by atoms with Crippen LogP contribution >= 0.6 is 0 Å². The first-order valence-corrected chi connectivity index (χ1v) is 10.7. The van der Waals surface area contributed by atoms with Crippen LogP contribution in [0, 0.1) is 12.8 Å². The van der Waals surface area contributed by atoms with Gasteiger partial charge in [0.05, 0.1) is 4.90 Å². The van der Waals surface area contributed by atoms with Crippen molar-refractivity contribution in [1.82, 2.24) is 9.62 Å². The molecule has 6 nitrogen and oxygen atoms in total. The Balaban J connectivity index is 1.62. The summed E-state index contributed by atoms with van der Waals surface area (Å²) < 4.78 is 25.8. The standard InChI is InChI=1S/C21H24N2O4S/c1-15-3-5-16(6-4-15)20(24)17-11-13-23(14-12-17)21(25)18-7-9-19(10-8-18)28(26,27)22-2/h3-10,17,22H,11-14H2,1-2H3. The van der Waals surface area contributed by atoms with Gasteiger partial charge in [-0.25, -0.2) is 13.1 Å². The van der Waals surface area contributed by atoms with E-state index >= 15 is 0 Å². The highest BCUT2D eigenvalue weighted by Crippen LogP contribution is 2.23. The van der Waals surface area contributed by atoms with E-state index in [1.165, 1.54) is 31.3 Å². The molecular weight excluding hydrogens is 376 g/mol. The molecule has 1 heterocycles. The van der Waals surface area contributed by atoms with Crippen molar-refractivity contribution in [3.05, 3.63) is 65.2 Å². The summed E-state index contributed by atoms with van der Waals surface area (Å²) in [6.07, 6.45) is 1.26. The third-order valence-corrected chi connectivity index (χ3v) is 6.60. The summed E-state index contributed by atoms with van der Waals surface area (Å²) in [5.41, 5.74) is 2.28. The van der Waals surface area contributed by atoms with Crippen LogP contribution in [0.3, 0.4) is 0 Å². The Hall–Kier alpha value is -2.51. The first-order valence-electron chi connectivity index (χ1n) is 9.25. The molecule has 0 radical (unpaired) electrons. The lowest BCUT2D eigenvalue weighted by Crippen LogP contribution is -2.40. The number of hydrogen-bond donors (Lipinski definition) is 1. The zero-order chi connectivity index (χ0) is 20.3. The molecule has 0 bridgehead atoms. The fourth-order valence-electron chi connectivity index (χ4n) is 3.38. The smallest absolute Gasteiger partial charge is 0.253 e. The van der Waals surface area contributed by atoms with Crippen LogP contribution in [-0.2, 0) is 10.0 Å². The van der Waals surface area contributed by atoms with Gasteiger partial charge in [0.1, 0.15) is 0 Å². The normalized spacial score (nSPS) is 15.4. The summed E-state index contributed by atoms with van der Waals surface area (Å²) in [4.78, 5) is 27.2. The minimum atomic E-state index is -3.52. The molecule has 2 aromatic carbocycles. The van der Waals surface area contributed by atoms with Gasteiger partial charge in [-0.3, -0.25) is 9.59 Å². The third-order valence-electron chi connectivity index (χ3n) is 5.17. The maximum atomic E-state index is 12.7. The van der Waals surface area contributed by atoms with Gasteiger partial charge in [0, 0.05) is 30.1 Å². The minimum Gasteiger partial charge on any atom is -0.339 e. The van der Waals surface area contributed by atoms with E-state index in [-0.39, 0.29) is 22.5 Å². The molecule has 1 aliphatic heterocycles. The summed E-state index contributed by atoms with van der Waals surface area (Å²) in [6, 6.07) is 13.5. The molecule has 0 saturated carbocycles. The second-order valence-corrected chi connectivity index (χ2v) is 8.92. The van der Waals surface area contributed by atoms with Crippen molar-refractivity contribution in [2.45, 2.75) is 24.7 Å². The number of aryl methyl sites for hydroxylation is 1. The lowest BCUT2D eigenvalue weighted by Gasteiger charge is -2.31. The molecule has 0 aliphatic carbocycles. The lowest BCUT2D eigenvalue weighted by molar-refractivity contribution is 0.0650. The molecule has 148 valence electrons. The third kappa shape index (κ3) is 4.31. The zero-order valence-corrected chi connectivity index (χ0v) is 16.8. The molecule has 0 unspecified atom stereocenters. The molecule has 3 rings (SSSR count). The van der Waals surface area contributed by atoms with Gasteiger partial charge >= 0.3 is 0 Å². The van der Waals surface area contributed by atoms with Crippen molar-refractivity contribution in [2.75, 3.05) is 20.1 Å². The second kappa shape index (κ2) is 8.24. The van der Waals surface area contributed by atoms with Crippen LogP contribution in [0.25, 0.3) is 0 Å². The Bertz CT molecular complexity index is 958. The number of likely N-dealkylation sites (tertiary alicyclic amines) is 1. The molecule has 1 saturated heterocycles. The quantitative estimate of drug-likeness (QED) is 0.782. The van der Waals surface area contributed by atoms with Crippen molar-refractivity contribution in [3.63, 3.8) is 0 Å². The van der Waals surface area contributed by atoms with Crippen molar-refractivity contribution in [3.8, 4) is 0 Å². The molecule has 1 aliphatic rings. The molecule has 0 spiro atoms. The predicted molar refractivity (Wildman–Crippen MR) is 107 cm³/mol. The lowest BCUT2D eigenvalue weighted by atomic mass is 9.88. The molecule has 2 aromatic rings. The van der Waals surface area contributed by atoms with E-state index in [0.29, 0.717) is 31.5 Å². The van der Waals surface area contributed by atoms with Crippen LogP contribution in [0.2, 0.25) is 0 Å². The van der Waals surface area contributed by atoms with Crippen LogP contribution < -0.4 is 4.72 Å². The highest BCUT2D eigenvalue weighted by atomic mass is 32.2. The van der Waals surface area contributed by atoms with E-state index in [1.807, 2.05) is 31.2 Å². The topological polar surface area (TPSA) is 83.6 Å². The number of amides is 1. The fraction of sp³-hybridized carbons (Fsp3) is 0.333. The van der Waals surface area contributed by atoms with Gasteiger partial charge in [-0.05, 0) is 51.1 Å². The highest BCUT2D eigenvalue weighted by Gasteiger charge is 2.28. The van der Waals surface area contributed by atoms with Gasteiger partial charge in [-0.1, -0.05) is 29.8 Å². The van der Waals surface area contributed by atoms with Gasteiger partial charge in [0.25, 0.3) is 5.91 Å². The molecule has 1 N–H and O–H groups in total. The summed E-state index contributed by atoms with van der Waals surface area (Å²) in [7, 11) is -2.18. The zero-order valence-electron chi connectivity index (χ0n) is 16.0. The average Bonchev–Trinajstić information content (AvgIpc) is 2.73. The summed E-state index contributed by atoms with van der Waals surface area (Å²) in [6.45, 7) is 3.01. The van der Waals surface area contributed by atoms with Crippen LogP contribution in [0.15, 0.2) is 53.4 Å².